The number of carbonyl (C=O) groups is 2. The van der Waals surface area contributed by atoms with Crippen molar-refractivity contribution in [2.75, 3.05) is 0 Å². The van der Waals surface area contributed by atoms with Crippen LogP contribution < -0.4 is 11.1 Å². The number of thiophene rings is 1. The Morgan fingerprint density at radius 2 is 2.26 bits per heavy atom. The molecular weight excluding hydrogens is 264 g/mol. The normalized spacial score (nSPS) is 13.8. The Morgan fingerprint density at radius 1 is 1.53 bits per heavy atom. The van der Waals surface area contributed by atoms with E-state index in [1.165, 1.54) is 11.3 Å². The SMILES string of the molecule is CC(N)CCCC(=O)NC(CC(=O)O)c1cccs1. The van der Waals surface area contributed by atoms with E-state index in [9.17, 15) is 9.59 Å². The van der Waals surface area contributed by atoms with Gasteiger partial charge in [0.15, 0.2) is 0 Å². The third-order valence-electron chi connectivity index (χ3n) is 2.66. The minimum atomic E-state index is -0.922. The standard InChI is InChI=1S/C13H20N2O3S/c1-9(14)4-2-6-12(16)15-10(8-13(17)18)11-5-3-7-19-11/h3,5,7,9-10H,2,4,6,8,14H2,1H3,(H,15,16)(H,17,18). The highest BCUT2D eigenvalue weighted by atomic mass is 32.1. The molecule has 6 heteroatoms. The number of rotatable bonds is 8. The molecule has 1 aromatic rings. The maximum Gasteiger partial charge on any atom is 0.305 e. The average Bonchev–Trinajstić information content (AvgIpc) is 2.80. The van der Waals surface area contributed by atoms with Crippen molar-refractivity contribution >= 4 is 23.2 Å². The zero-order valence-corrected chi connectivity index (χ0v) is 11.8. The van der Waals surface area contributed by atoms with Crippen LogP contribution in [0.1, 0.15) is 43.5 Å². The summed E-state index contributed by atoms with van der Waals surface area (Å²) in [5, 5.41) is 13.5. The van der Waals surface area contributed by atoms with Gasteiger partial charge < -0.3 is 16.2 Å². The molecule has 1 amide bonds. The Morgan fingerprint density at radius 3 is 2.79 bits per heavy atom. The Kier molecular flexibility index (Phi) is 6.52. The maximum absolute atomic E-state index is 11.8. The number of hydrogen-bond acceptors (Lipinski definition) is 4. The van der Waals surface area contributed by atoms with Crippen LogP contribution in [0.15, 0.2) is 17.5 Å². The van der Waals surface area contributed by atoms with Crippen LogP contribution in [0.3, 0.4) is 0 Å². The summed E-state index contributed by atoms with van der Waals surface area (Å²) in [4.78, 5) is 23.5. The second-order valence-electron chi connectivity index (χ2n) is 4.60. The van der Waals surface area contributed by atoms with Gasteiger partial charge in [0.05, 0.1) is 12.5 Å². The van der Waals surface area contributed by atoms with Crippen molar-refractivity contribution < 1.29 is 14.7 Å². The number of nitrogens with one attached hydrogen (secondary N) is 1. The molecule has 0 aliphatic rings. The lowest BCUT2D eigenvalue weighted by Gasteiger charge is -2.15. The van der Waals surface area contributed by atoms with Crippen LogP contribution in [-0.4, -0.2) is 23.0 Å². The summed E-state index contributed by atoms with van der Waals surface area (Å²) >= 11 is 1.45. The number of aliphatic carboxylic acids is 1. The molecule has 0 bridgehead atoms. The van der Waals surface area contributed by atoms with Crippen molar-refractivity contribution in [2.24, 2.45) is 5.73 Å². The van der Waals surface area contributed by atoms with E-state index in [-0.39, 0.29) is 18.4 Å². The average molecular weight is 284 g/mol. The first-order chi connectivity index (χ1) is 8.99. The smallest absolute Gasteiger partial charge is 0.305 e. The minimum Gasteiger partial charge on any atom is -0.481 e. The zero-order valence-electron chi connectivity index (χ0n) is 11.0. The van der Waals surface area contributed by atoms with Crippen LogP contribution >= 0.6 is 11.3 Å². The van der Waals surface area contributed by atoms with Gasteiger partial charge in [-0.3, -0.25) is 9.59 Å². The van der Waals surface area contributed by atoms with Crippen molar-refractivity contribution in [3.05, 3.63) is 22.4 Å². The predicted molar refractivity (Wildman–Crippen MR) is 75.0 cm³/mol. The van der Waals surface area contributed by atoms with Gasteiger partial charge in [-0.2, -0.15) is 0 Å². The largest absolute Gasteiger partial charge is 0.481 e. The van der Waals surface area contributed by atoms with E-state index in [2.05, 4.69) is 5.32 Å². The molecule has 5 nitrogen and oxygen atoms in total. The number of carboxylic acid groups (broad SMARTS) is 1. The van der Waals surface area contributed by atoms with Crippen LogP contribution in [0, 0.1) is 0 Å². The molecule has 2 atom stereocenters. The summed E-state index contributed by atoms with van der Waals surface area (Å²) in [7, 11) is 0. The lowest BCUT2D eigenvalue weighted by Crippen LogP contribution is -2.29. The van der Waals surface area contributed by atoms with Gasteiger partial charge in [-0.1, -0.05) is 6.07 Å². The van der Waals surface area contributed by atoms with Crippen LogP contribution in [-0.2, 0) is 9.59 Å². The highest BCUT2D eigenvalue weighted by molar-refractivity contribution is 7.10. The third kappa shape index (κ3) is 6.35. The van der Waals surface area contributed by atoms with Gasteiger partial charge in [0, 0.05) is 17.3 Å². The van der Waals surface area contributed by atoms with E-state index >= 15 is 0 Å². The molecule has 0 radical (unpaired) electrons. The van der Waals surface area contributed by atoms with Crippen LogP contribution in [0.5, 0.6) is 0 Å². The molecule has 0 saturated carbocycles. The second-order valence-corrected chi connectivity index (χ2v) is 5.58. The summed E-state index contributed by atoms with van der Waals surface area (Å²) in [6.07, 6.45) is 1.78. The molecule has 2 unspecified atom stereocenters. The zero-order chi connectivity index (χ0) is 14.3. The maximum atomic E-state index is 11.8. The molecule has 0 aromatic carbocycles. The van der Waals surface area contributed by atoms with Crippen molar-refractivity contribution in [2.45, 2.75) is 44.7 Å². The first-order valence-corrected chi connectivity index (χ1v) is 7.17. The van der Waals surface area contributed by atoms with E-state index in [1.807, 2.05) is 24.4 Å². The van der Waals surface area contributed by atoms with E-state index < -0.39 is 12.0 Å². The van der Waals surface area contributed by atoms with Gasteiger partial charge in [-0.15, -0.1) is 11.3 Å². The first-order valence-electron chi connectivity index (χ1n) is 6.29. The number of amides is 1. The van der Waals surface area contributed by atoms with Crippen LogP contribution in [0.2, 0.25) is 0 Å². The van der Waals surface area contributed by atoms with Gasteiger partial charge in [-0.25, -0.2) is 0 Å². The molecule has 106 valence electrons. The Bertz CT molecular complexity index is 404. The molecule has 0 spiro atoms. The molecule has 0 aliphatic carbocycles. The van der Waals surface area contributed by atoms with Crippen molar-refractivity contribution in [3.63, 3.8) is 0 Å². The summed E-state index contributed by atoms with van der Waals surface area (Å²) in [6, 6.07) is 3.32. The molecule has 0 fully saturated rings. The van der Waals surface area contributed by atoms with Crippen molar-refractivity contribution in [1.82, 2.24) is 5.32 Å². The molecule has 0 saturated heterocycles. The molecular formula is C13H20N2O3S. The van der Waals surface area contributed by atoms with Crippen LogP contribution in [0.25, 0.3) is 0 Å². The lowest BCUT2D eigenvalue weighted by molar-refractivity contribution is -0.137. The fraction of sp³-hybridized carbons (Fsp3) is 0.538. The highest BCUT2D eigenvalue weighted by Gasteiger charge is 2.18. The molecule has 1 rings (SSSR count). The second kappa shape index (κ2) is 7.91. The van der Waals surface area contributed by atoms with Gasteiger partial charge in [0.2, 0.25) is 5.91 Å². The third-order valence-corrected chi connectivity index (χ3v) is 3.65. The molecule has 19 heavy (non-hydrogen) atoms. The predicted octanol–water partition coefficient (Wildman–Crippen LogP) is 1.90. The van der Waals surface area contributed by atoms with Gasteiger partial charge in [0.1, 0.15) is 0 Å². The van der Waals surface area contributed by atoms with E-state index in [1.54, 1.807) is 0 Å². The van der Waals surface area contributed by atoms with Crippen molar-refractivity contribution in [3.8, 4) is 0 Å². The van der Waals surface area contributed by atoms with E-state index in [4.69, 9.17) is 10.8 Å². The van der Waals surface area contributed by atoms with E-state index in [0.29, 0.717) is 12.8 Å². The summed E-state index contributed by atoms with van der Waals surface area (Å²) in [5.74, 6) is -1.05. The molecule has 1 aromatic heterocycles. The quantitative estimate of drug-likeness (QED) is 0.679. The Balaban J connectivity index is 2.48. The Hall–Kier alpha value is -1.40. The summed E-state index contributed by atoms with van der Waals surface area (Å²) < 4.78 is 0. The monoisotopic (exact) mass is 284 g/mol. The first kappa shape index (κ1) is 15.7. The minimum absolute atomic E-state index is 0.0833. The van der Waals surface area contributed by atoms with Gasteiger partial charge in [0.25, 0.3) is 0 Å². The number of hydrogen-bond donors (Lipinski definition) is 3. The van der Waals surface area contributed by atoms with Crippen LogP contribution in [0.4, 0.5) is 0 Å². The number of carbonyl (C=O) groups excluding carboxylic acids is 1. The molecule has 0 aliphatic heterocycles. The van der Waals surface area contributed by atoms with Crippen molar-refractivity contribution in [1.29, 1.82) is 0 Å². The molecule has 1 heterocycles. The summed E-state index contributed by atoms with van der Waals surface area (Å²) in [6.45, 7) is 1.90. The highest BCUT2D eigenvalue weighted by Crippen LogP contribution is 2.22. The fourth-order valence-corrected chi connectivity index (χ4v) is 2.52. The lowest BCUT2D eigenvalue weighted by atomic mass is 10.1. The summed E-state index contributed by atoms with van der Waals surface area (Å²) in [5.41, 5.74) is 5.62. The van der Waals surface area contributed by atoms with Gasteiger partial charge >= 0.3 is 5.97 Å². The topological polar surface area (TPSA) is 92.4 Å². The number of nitrogens with two attached hydrogens (primary N) is 1. The molecule has 4 N–H and O–H groups in total. The van der Waals surface area contributed by atoms with Gasteiger partial charge in [-0.05, 0) is 31.2 Å². The number of carboxylic acids is 1. The van der Waals surface area contributed by atoms with E-state index in [0.717, 1.165) is 11.3 Å². The Labute approximate surface area is 116 Å². The fourth-order valence-electron chi connectivity index (χ4n) is 1.74.